The Kier molecular flexibility index (Phi) is 4.05. The van der Waals surface area contributed by atoms with E-state index in [1.807, 2.05) is 0 Å². The van der Waals surface area contributed by atoms with Crippen LogP contribution in [0.3, 0.4) is 0 Å². The molecule has 1 aliphatic heterocycles. The van der Waals surface area contributed by atoms with E-state index in [2.05, 4.69) is 0 Å². The van der Waals surface area contributed by atoms with Crippen LogP contribution in [0.4, 0.5) is 4.48 Å². The number of rotatable bonds is 3. The summed E-state index contributed by atoms with van der Waals surface area (Å²) >= 11 is 0. The second kappa shape index (κ2) is 4.73. The zero-order valence-corrected chi connectivity index (χ0v) is 10.2. The lowest BCUT2D eigenvalue weighted by Gasteiger charge is -2.33. The van der Waals surface area contributed by atoms with Crippen molar-refractivity contribution in [3.8, 4) is 0 Å². The van der Waals surface area contributed by atoms with E-state index in [9.17, 15) is 12.9 Å². The quantitative estimate of drug-likeness (QED) is 0.655. The number of nitrogens with zero attached hydrogens (tertiary/aromatic N) is 3. The number of hydrogen-bond acceptors (Lipinski definition) is 3. The van der Waals surface area contributed by atoms with Gasteiger partial charge in [0.25, 0.3) is 10.2 Å². The number of halogens is 1. The molecule has 1 rings (SSSR count). The molecule has 0 atom stereocenters. The first-order valence-electron chi connectivity index (χ1n) is 4.92. The van der Waals surface area contributed by atoms with Crippen molar-refractivity contribution in [2.45, 2.75) is 18.9 Å². The zero-order valence-electron chi connectivity index (χ0n) is 9.35. The van der Waals surface area contributed by atoms with Crippen LogP contribution in [0.15, 0.2) is 0 Å². The van der Waals surface area contributed by atoms with E-state index < -0.39 is 10.2 Å². The van der Waals surface area contributed by atoms with Crippen molar-refractivity contribution < 1.29 is 12.9 Å². The maximum absolute atomic E-state index is 12.8. The van der Waals surface area contributed by atoms with Gasteiger partial charge in [-0.05, 0) is 12.8 Å². The molecule has 1 saturated heterocycles. The highest BCUT2D eigenvalue weighted by atomic mass is 32.2. The standard InChI is InChI=1S/C8H18FN3O2S/c1-10(2)15(13,14)12-6-4-8(5-7-12)11(3)9/h8H,4-7H2,1-3H3. The maximum atomic E-state index is 12.8. The summed E-state index contributed by atoms with van der Waals surface area (Å²) < 4.78 is 38.8. The Morgan fingerprint density at radius 2 is 1.67 bits per heavy atom. The molecule has 0 aliphatic carbocycles. The molecule has 5 nitrogen and oxygen atoms in total. The first kappa shape index (κ1) is 12.8. The highest BCUT2D eigenvalue weighted by Gasteiger charge is 2.30. The lowest BCUT2D eigenvalue weighted by molar-refractivity contribution is -0.0112. The predicted molar refractivity (Wildman–Crippen MR) is 56.1 cm³/mol. The summed E-state index contributed by atoms with van der Waals surface area (Å²) in [7, 11) is 1.06. The molecule has 1 fully saturated rings. The van der Waals surface area contributed by atoms with Gasteiger partial charge in [-0.2, -0.15) is 17.0 Å². The Hall–Kier alpha value is -0.240. The molecule has 0 amide bonds. The van der Waals surface area contributed by atoms with Gasteiger partial charge < -0.3 is 0 Å². The smallest absolute Gasteiger partial charge is 0.195 e. The molecule has 15 heavy (non-hydrogen) atoms. The molecule has 0 radical (unpaired) electrons. The maximum Gasteiger partial charge on any atom is 0.281 e. The number of piperidine rings is 1. The fourth-order valence-electron chi connectivity index (χ4n) is 1.66. The second-order valence-electron chi connectivity index (χ2n) is 3.95. The van der Waals surface area contributed by atoms with E-state index in [1.165, 1.54) is 29.8 Å². The predicted octanol–water partition coefficient (Wildman–Crippen LogP) is 0.0735. The summed E-state index contributed by atoms with van der Waals surface area (Å²) in [5, 5.41) is 0.666. The van der Waals surface area contributed by atoms with Crippen LogP contribution in [-0.4, -0.2) is 62.4 Å². The molecule has 0 aromatic rings. The molecular formula is C8H18FN3O2S. The van der Waals surface area contributed by atoms with Crippen LogP contribution in [0.2, 0.25) is 0 Å². The molecule has 0 saturated carbocycles. The summed E-state index contributed by atoms with van der Waals surface area (Å²) in [6, 6.07) is -0.154. The molecule has 0 aromatic carbocycles. The fraction of sp³-hybridized carbons (Fsp3) is 1.00. The number of hydrogen-bond donors (Lipinski definition) is 0. The van der Waals surface area contributed by atoms with Gasteiger partial charge in [-0.1, -0.05) is 0 Å². The summed E-state index contributed by atoms with van der Waals surface area (Å²) in [6.45, 7) is 0.777. The molecule has 7 heteroatoms. The summed E-state index contributed by atoms with van der Waals surface area (Å²) in [5.74, 6) is 0. The van der Waals surface area contributed by atoms with Crippen LogP contribution in [0.1, 0.15) is 12.8 Å². The van der Waals surface area contributed by atoms with Crippen LogP contribution >= 0.6 is 0 Å². The van der Waals surface area contributed by atoms with Gasteiger partial charge in [0.05, 0.1) is 0 Å². The van der Waals surface area contributed by atoms with Crippen molar-refractivity contribution in [1.29, 1.82) is 0 Å². The van der Waals surface area contributed by atoms with Crippen LogP contribution in [0.25, 0.3) is 0 Å². The molecule has 1 aliphatic rings. The summed E-state index contributed by atoms with van der Waals surface area (Å²) in [4.78, 5) is 0. The van der Waals surface area contributed by atoms with Gasteiger partial charge in [0, 0.05) is 40.3 Å². The second-order valence-corrected chi connectivity index (χ2v) is 6.09. The third-order valence-electron chi connectivity index (χ3n) is 2.71. The van der Waals surface area contributed by atoms with Crippen molar-refractivity contribution in [1.82, 2.24) is 13.7 Å². The molecule has 1 heterocycles. The minimum Gasteiger partial charge on any atom is -0.195 e. The van der Waals surface area contributed by atoms with E-state index in [4.69, 9.17) is 0 Å². The molecule has 0 spiro atoms. The largest absolute Gasteiger partial charge is 0.281 e. The molecule has 0 bridgehead atoms. The Morgan fingerprint density at radius 3 is 2.00 bits per heavy atom. The Bertz CT molecular complexity index is 297. The van der Waals surface area contributed by atoms with Gasteiger partial charge in [-0.15, -0.1) is 9.60 Å². The molecule has 0 aromatic heterocycles. The third-order valence-corrected chi connectivity index (χ3v) is 4.65. The first-order chi connectivity index (χ1) is 6.85. The van der Waals surface area contributed by atoms with Crippen LogP contribution in [0, 0.1) is 0 Å². The van der Waals surface area contributed by atoms with E-state index in [1.54, 1.807) is 0 Å². The molecule has 0 unspecified atom stereocenters. The van der Waals surface area contributed by atoms with Gasteiger partial charge in [-0.3, -0.25) is 0 Å². The van der Waals surface area contributed by atoms with Crippen molar-refractivity contribution >= 4 is 10.2 Å². The van der Waals surface area contributed by atoms with Crippen molar-refractivity contribution in [3.63, 3.8) is 0 Å². The Morgan fingerprint density at radius 1 is 1.20 bits per heavy atom. The Labute approximate surface area is 90.6 Å². The molecule has 90 valence electrons. The first-order valence-corrected chi connectivity index (χ1v) is 6.31. The van der Waals surface area contributed by atoms with Gasteiger partial charge >= 0.3 is 0 Å². The van der Waals surface area contributed by atoms with Crippen LogP contribution in [-0.2, 0) is 10.2 Å². The highest BCUT2D eigenvalue weighted by molar-refractivity contribution is 7.86. The minimum atomic E-state index is -3.32. The van der Waals surface area contributed by atoms with E-state index in [0.717, 1.165) is 0 Å². The average molecular weight is 239 g/mol. The van der Waals surface area contributed by atoms with Crippen LogP contribution < -0.4 is 0 Å². The zero-order chi connectivity index (χ0) is 11.6. The fourth-order valence-corrected chi connectivity index (χ4v) is 2.79. The highest BCUT2D eigenvalue weighted by Crippen LogP contribution is 2.18. The topological polar surface area (TPSA) is 43.9 Å². The van der Waals surface area contributed by atoms with Crippen molar-refractivity contribution in [3.05, 3.63) is 0 Å². The van der Waals surface area contributed by atoms with Crippen LogP contribution in [0.5, 0.6) is 0 Å². The van der Waals surface area contributed by atoms with Gasteiger partial charge in [0.1, 0.15) is 0 Å². The van der Waals surface area contributed by atoms with Crippen molar-refractivity contribution in [2.24, 2.45) is 0 Å². The van der Waals surface area contributed by atoms with E-state index >= 15 is 0 Å². The lowest BCUT2D eigenvalue weighted by Crippen LogP contribution is -2.47. The normalized spacial score (nSPS) is 21.5. The minimum absolute atomic E-state index is 0.154. The molecular weight excluding hydrogens is 221 g/mol. The summed E-state index contributed by atoms with van der Waals surface area (Å²) in [5.41, 5.74) is 0. The van der Waals surface area contributed by atoms with E-state index in [0.29, 0.717) is 31.1 Å². The monoisotopic (exact) mass is 239 g/mol. The molecule has 0 N–H and O–H groups in total. The van der Waals surface area contributed by atoms with Gasteiger partial charge in [0.2, 0.25) is 0 Å². The third kappa shape index (κ3) is 2.87. The average Bonchev–Trinajstić information content (AvgIpc) is 2.17. The SMILES string of the molecule is CN(F)C1CCN(S(=O)(=O)N(C)C)CC1. The van der Waals surface area contributed by atoms with E-state index in [-0.39, 0.29) is 6.04 Å². The van der Waals surface area contributed by atoms with Gasteiger partial charge in [0.15, 0.2) is 0 Å². The Balaban J connectivity index is 2.58. The summed E-state index contributed by atoms with van der Waals surface area (Å²) in [6.07, 6.45) is 1.08. The van der Waals surface area contributed by atoms with Crippen molar-refractivity contribution in [2.75, 3.05) is 34.2 Å². The lowest BCUT2D eigenvalue weighted by atomic mass is 10.1. The van der Waals surface area contributed by atoms with Gasteiger partial charge in [-0.25, -0.2) is 0 Å².